The van der Waals surface area contributed by atoms with Crippen molar-refractivity contribution >= 4 is 51.0 Å². The maximum Gasteiger partial charge on any atom is 0.326 e. The number of ether oxygens (including phenoxy) is 1. The number of esters is 1. The lowest BCUT2D eigenvalue weighted by Crippen LogP contribution is -2.30. The first-order valence-corrected chi connectivity index (χ1v) is 10.6. The van der Waals surface area contributed by atoms with Crippen molar-refractivity contribution in [1.82, 2.24) is 9.88 Å². The lowest BCUT2D eigenvalue weighted by atomic mass is 10.1. The molecule has 0 N–H and O–H groups in total. The Hall–Kier alpha value is -2.39. The number of benzene rings is 1. The van der Waals surface area contributed by atoms with Crippen molar-refractivity contribution < 1.29 is 19.1 Å². The summed E-state index contributed by atoms with van der Waals surface area (Å²) in [6, 6.07) is 5.80. The minimum Gasteiger partial charge on any atom is -0.458 e. The zero-order valence-corrected chi connectivity index (χ0v) is 17.6. The highest BCUT2D eigenvalue weighted by molar-refractivity contribution is 8.13. The number of hydrogen-bond acceptors (Lipinski definition) is 7. The number of hydrogen-bond donors (Lipinski definition) is 0. The third-order valence-electron chi connectivity index (χ3n) is 4.34. The fraction of sp³-hybridized carbons (Fsp3) is 0.368. The Balaban J connectivity index is 1.65. The predicted octanol–water partition coefficient (Wildman–Crippen LogP) is 3.66. The second-order valence-corrected chi connectivity index (χ2v) is 8.32. The maximum atomic E-state index is 12.2. The minimum absolute atomic E-state index is 0.00315. The molecular formula is C19H21N3O4S2. The number of carbonyl (C=O) groups is 3. The summed E-state index contributed by atoms with van der Waals surface area (Å²) in [6.45, 7) is 6.01. The summed E-state index contributed by atoms with van der Waals surface area (Å²) in [4.78, 5) is 43.1. The number of anilines is 2. The molecule has 2 amide bonds. The van der Waals surface area contributed by atoms with E-state index in [1.54, 1.807) is 10.3 Å². The molecule has 1 aromatic heterocycles. The zero-order chi connectivity index (χ0) is 20.3. The number of thiazole rings is 1. The molecule has 0 spiro atoms. The van der Waals surface area contributed by atoms with Crippen LogP contribution >= 0.6 is 23.1 Å². The van der Waals surface area contributed by atoms with Crippen LogP contribution in [0.4, 0.5) is 15.6 Å². The van der Waals surface area contributed by atoms with E-state index in [0.29, 0.717) is 23.1 Å². The van der Waals surface area contributed by atoms with Crippen LogP contribution in [0.5, 0.6) is 0 Å². The summed E-state index contributed by atoms with van der Waals surface area (Å²) in [5.41, 5.74) is 3.54. The van der Waals surface area contributed by atoms with Gasteiger partial charge in [0.2, 0.25) is 5.91 Å². The first-order valence-electron chi connectivity index (χ1n) is 8.75. The largest absolute Gasteiger partial charge is 0.458 e. The van der Waals surface area contributed by atoms with Crippen LogP contribution in [0.1, 0.15) is 23.7 Å². The molecule has 3 rings (SSSR count). The maximum absolute atomic E-state index is 12.2. The Morgan fingerprint density at radius 3 is 2.71 bits per heavy atom. The van der Waals surface area contributed by atoms with Gasteiger partial charge in [0.15, 0.2) is 5.13 Å². The van der Waals surface area contributed by atoms with E-state index in [2.05, 4.69) is 4.98 Å². The van der Waals surface area contributed by atoms with Gasteiger partial charge in [-0.1, -0.05) is 17.8 Å². The Morgan fingerprint density at radius 2 is 2.07 bits per heavy atom. The third-order valence-corrected chi connectivity index (χ3v) is 6.11. The highest BCUT2D eigenvalue weighted by Gasteiger charge is 2.24. The number of aromatic nitrogens is 1. The van der Waals surface area contributed by atoms with E-state index in [-0.39, 0.29) is 24.3 Å². The molecule has 1 aliphatic rings. The van der Waals surface area contributed by atoms with Crippen LogP contribution in [0.25, 0.3) is 0 Å². The van der Waals surface area contributed by atoms with Gasteiger partial charge >= 0.3 is 5.97 Å². The van der Waals surface area contributed by atoms with Gasteiger partial charge in [-0.25, -0.2) is 4.98 Å². The summed E-state index contributed by atoms with van der Waals surface area (Å²) in [5, 5.41) is 2.18. The summed E-state index contributed by atoms with van der Waals surface area (Å²) >= 11 is 2.51. The van der Waals surface area contributed by atoms with Crippen LogP contribution in [0, 0.1) is 13.8 Å². The summed E-state index contributed by atoms with van der Waals surface area (Å²) in [5.74, 6) is 0.0789. The molecular weight excluding hydrogens is 398 g/mol. The molecule has 0 radical (unpaired) electrons. The Bertz CT molecular complexity index is 912. The molecule has 1 aliphatic heterocycles. The normalized spacial score (nSPS) is 13.7. The van der Waals surface area contributed by atoms with Crippen LogP contribution in [-0.2, 0) is 20.9 Å². The number of amides is 2. The smallest absolute Gasteiger partial charge is 0.326 e. The Morgan fingerprint density at radius 1 is 1.29 bits per heavy atom. The summed E-state index contributed by atoms with van der Waals surface area (Å²) in [7, 11) is 0. The van der Waals surface area contributed by atoms with Gasteiger partial charge in [-0.15, -0.1) is 11.3 Å². The van der Waals surface area contributed by atoms with Gasteiger partial charge in [0.05, 0.1) is 11.4 Å². The van der Waals surface area contributed by atoms with Crippen molar-refractivity contribution in [1.29, 1.82) is 0 Å². The Labute approximate surface area is 171 Å². The molecule has 2 heterocycles. The van der Waals surface area contributed by atoms with Gasteiger partial charge in [0.1, 0.15) is 13.2 Å². The molecule has 9 heteroatoms. The number of rotatable bonds is 6. The van der Waals surface area contributed by atoms with Crippen molar-refractivity contribution in [2.24, 2.45) is 0 Å². The zero-order valence-electron chi connectivity index (χ0n) is 15.9. The molecule has 148 valence electrons. The number of carbonyl (C=O) groups excluding carboxylic acids is 3. The predicted molar refractivity (Wildman–Crippen MR) is 110 cm³/mol. The van der Waals surface area contributed by atoms with Crippen LogP contribution < -0.4 is 4.90 Å². The minimum atomic E-state index is -0.469. The van der Waals surface area contributed by atoms with Crippen molar-refractivity contribution in [2.75, 3.05) is 23.7 Å². The van der Waals surface area contributed by atoms with E-state index in [4.69, 9.17) is 4.74 Å². The molecule has 7 nitrogen and oxygen atoms in total. The first kappa shape index (κ1) is 20.3. The molecule has 0 unspecified atom stereocenters. The van der Waals surface area contributed by atoms with Gasteiger partial charge in [-0.2, -0.15) is 0 Å². The van der Waals surface area contributed by atoms with E-state index in [0.717, 1.165) is 16.8 Å². The van der Waals surface area contributed by atoms with Gasteiger partial charge in [0, 0.05) is 24.6 Å². The summed E-state index contributed by atoms with van der Waals surface area (Å²) in [6.07, 6.45) is 0. The third kappa shape index (κ3) is 4.71. The second kappa shape index (κ2) is 8.74. The topological polar surface area (TPSA) is 79.8 Å². The number of aryl methyl sites for hydroxylation is 2. The first-order chi connectivity index (χ1) is 13.3. The standard InChI is InChI=1S/C19H21N3O4S2/c1-12-4-5-16(8-13(12)2)22(14(3)23)18-20-15(11-28-18)10-26-17(24)9-21-6-7-27-19(21)25/h4-5,8,11H,6-7,9-10H2,1-3H3. The highest BCUT2D eigenvalue weighted by Crippen LogP contribution is 2.30. The highest BCUT2D eigenvalue weighted by atomic mass is 32.2. The molecule has 1 fully saturated rings. The molecule has 0 aliphatic carbocycles. The van der Waals surface area contributed by atoms with E-state index < -0.39 is 5.97 Å². The van der Waals surface area contributed by atoms with E-state index in [1.807, 2.05) is 32.0 Å². The fourth-order valence-corrected chi connectivity index (χ4v) is 4.38. The number of thioether (sulfide) groups is 1. The van der Waals surface area contributed by atoms with E-state index in [1.165, 1.54) is 34.9 Å². The van der Waals surface area contributed by atoms with Crippen molar-refractivity contribution in [3.63, 3.8) is 0 Å². The van der Waals surface area contributed by atoms with Gasteiger partial charge in [0.25, 0.3) is 5.24 Å². The van der Waals surface area contributed by atoms with Gasteiger partial charge in [-0.05, 0) is 37.1 Å². The monoisotopic (exact) mass is 419 g/mol. The van der Waals surface area contributed by atoms with Crippen molar-refractivity contribution in [3.8, 4) is 0 Å². The Kier molecular flexibility index (Phi) is 6.35. The van der Waals surface area contributed by atoms with Crippen LogP contribution in [0.2, 0.25) is 0 Å². The molecule has 28 heavy (non-hydrogen) atoms. The van der Waals surface area contributed by atoms with E-state index >= 15 is 0 Å². The number of nitrogens with zero attached hydrogens (tertiary/aromatic N) is 3. The quantitative estimate of drug-likeness (QED) is 0.665. The molecule has 0 bridgehead atoms. The molecule has 0 atom stereocenters. The lowest BCUT2D eigenvalue weighted by molar-refractivity contribution is -0.145. The molecule has 0 saturated carbocycles. The van der Waals surface area contributed by atoms with Crippen LogP contribution in [-0.4, -0.2) is 45.8 Å². The lowest BCUT2D eigenvalue weighted by Gasteiger charge is -2.19. The van der Waals surface area contributed by atoms with Crippen molar-refractivity contribution in [2.45, 2.75) is 27.4 Å². The van der Waals surface area contributed by atoms with Crippen LogP contribution in [0.3, 0.4) is 0 Å². The van der Waals surface area contributed by atoms with Crippen LogP contribution in [0.15, 0.2) is 23.6 Å². The SMILES string of the molecule is CC(=O)N(c1ccc(C)c(C)c1)c1nc(COC(=O)CN2CCSC2=O)cs1. The second-order valence-electron chi connectivity index (χ2n) is 6.44. The van der Waals surface area contributed by atoms with Crippen molar-refractivity contribution in [3.05, 3.63) is 40.4 Å². The molecule has 2 aromatic rings. The summed E-state index contributed by atoms with van der Waals surface area (Å²) < 4.78 is 5.23. The molecule has 1 saturated heterocycles. The average molecular weight is 420 g/mol. The average Bonchev–Trinajstić information content (AvgIpc) is 3.26. The fourth-order valence-electron chi connectivity index (χ4n) is 2.68. The molecule has 1 aromatic carbocycles. The van der Waals surface area contributed by atoms with Gasteiger partial charge in [-0.3, -0.25) is 19.3 Å². The van der Waals surface area contributed by atoms with Gasteiger partial charge < -0.3 is 9.64 Å². The van der Waals surface area contributed by atoms with E-state index in [9.17, 15) is 14.4 Å².